The molecule has 2 aromatic rings. The number of likely N-dealkylation sites (N-methyl/N-ethyl adjacent to an activating group) is 1. The van der Waals surface area contributed by atoms with E-state index in [4.69, 9.17) is 9.47 Å². The zero-order valence-electron chi connectivity index (χ0n) is 46.5. The molecular formula is C55H77N9O15. The van der Waals surface area contributed by atoms with E-state index in [9.17, 15) is 58.2 Å². The number of carbonyl (C=O) groups is 11. The highest BCUT2D eigenvalue weighted by Crippen LogP contribution is 2.26. The Morgan fingerprint density at radius 1 is 0.759 bits per heavy atom. The van der Waals surface area contributed by atoms with Crippen LogP contribution in [0.4, 0.5) is 0 Å². The van der Waals surface area contributed by atoms with Gasteiger partial charge in [0.05, 0.1) is 0 Å². The number of nitrogens with one attached hydrogen (secondary N) is 7. The van der Waals surface area contributed by atoms with Crippen LogP contribution in [0.1, 0.15) is 112 Å². The summed E-state index contributed by atoms with van der Waals surface area (Å²) in [6.07, 6.45) is -3.10. The van der Waals surface area contributed by atoms with Gasteiger partial charge < -0.3 is 66.7 Å². The number of nitrogens with zero attached hydrogens (tertiary/aromatic N) is 2. The number of esters is 2. The predicted molar refractivity (Wildman–Crippen MR) is 285 cm³/mol. The number of allylic oxidation sites excluding steroid dienone is 1. The largest absolute Gasteiger partial charge is 0.508 e. The first-order valence-electron chi connectivity index (χ1n) is 26.6. The van der Waals surface area contributed by atoms with Crippen LogP contribution in [0.25, 0.3) is 0 Å². The molecule has 0 aliphatic carbocycles. The number of phenols is 1. The van der Waals surface area contributed by atoms with Gasteiger partial charge >= 0.3 is 11.9 Å². The summed E-state index contributed by atoms with van der Waals surface area (Å²) in [4.78, 5) is 156. The third kappa shape index (κ3) is 17.8. The molecule has 2 heterocycles. The number of carbonyl (C=O) groups excluding carboxylic acids is 11. The van der Waals surface area contributed by atoms with Crippen LogP contribution in [0.5, 0.6) is 5.75 Å². The quantitative estimate of drug-likeness (QED) is 0.0722. The first kappa shape index (κ1) is 63.6. The van der Waals surface area contributed by atoms with Gasteiger partial charge in [-0.1, -0.05) is 76.2 Å². The van der Waals surface area contributed by atoms with Crippen LogP contribution in [0, 0.1) is 5.92 Å². The second-order valence-electron chi connectivity index (χ2n) is 20.1. The number of hydrogen-bond donors (Lipinski definition) is 9. The van der Waals surface area contributed by atoms with Crippen LogP contribution >= 0.6 is 0 Å². The second kappa shape index (κ2) is 29.7. The summed E-state index contributed by atoms with van der Waals surface area (Å²) in [6.45, 7) is 13.2. The molecule has 24 heteroatoms. The van der Waals surface area contributed by atoms with Crippen molar-refractivity contribution in [2.24, 2.45) is 5.92 Å². The highest BCUT2D eigenvalue weighted by atomic mass is 16.6. The van der Waals surface area contributed by atoms with Crippen molar-refractivity contribution in [3.05, 3.63) is 77.5 Å². The number of aromatic hydroxyl groups is 1. The lowest BCUT2D eigenvalue weighted by atomic mass is 9.95. The number of phenolic OH excluding ortho intramolecular Hbond substituents is 1. The summed E-state index contributed by atoms with van der Waals surface area (Å²) < 4.78 is 11.5. The molecule has 0 spiro atoms. The fraction of sp³-hybridized carbons (Fsp3) is 0.545. The summed E-state index contributed by atoms with van der Waals surface area (Å²) in [5.41, 5.74) is 0.583. The molecule has 0 aromatic heterocycles. The van der Waals surface area contributed by atoms with E-state index in [-0.39, 0.29) is 44.3 Å². The highest BCUT2D eigenvalue weighted by Gasteiger charge is 2.46. The number of hydrogen-bond acceptors (Lipinski definition) is 15. The fourth-order valence-corrected chi connectivity index (χ4v) is 8.84. The van der Waals surface area contributed by atoms with Gasteiger partial charge in [-0.15, -0.1) is 0 Å². The second-order valence-corrected chi connectivity index (χ2v) is 20.1. The number of amides is 9. The molecule has 1 unspecified atom stereocenters. The van der Waals surface area contributed by atoms with Crippen LogP contribution in [0.2, 0.25) is 0 Å². The third-order valence-electron chi connectivity index (χ3n) is 13.4. The van der Waals surface area contributed by atoms with E-state index >= 15 is 4.79 Å². The SMILES string of the molecule is C/C=C1/NC(=O)[C@@H](NC(=O)[C@@H](NC(=O)[C@H](C)NC(=O)CCC)[C@@H](C)OC(=O)[C@H](C)NC(=O)CCC)[C@@H](C)OC(=O)[C@H](C(C)C)NC(=O)[C@H](Cc2ccc(O)cc2)N(C)C(=O)[C@H](Cc2ccccc2)N2C(=O)C(CC[C@@H]2O)NC1=O. The number of benzene rings is 2. The third-order valence-corrected chi connectivity index (χ3v) is 13.4. The van der Waals surface area contributed by atoms with Crippen LogP contribution in [-0.4, -0.2) is 159 Å². The highest BCUT2D eigenvalue weighted by molar-refractivity contribution is 6.03. The molecular weight excluding hydrogens is 1030 g/mol. The van der Waals surface area contributed by atoms with Gasteiger partial charge in [0.25, 0.3) is 11.8 Å². The molecule has 432 valence electrons. The first-order chi connectivity index (χ1) is 37.3. The average molecular weight is 1100 g/mol. The number of cyclic esters (lactones) is 1. The lowest BCUT2D eigenvalue weighted by Crippen LogP contribution is -2.64. The van der Waals surface area contributed by atoms with E-state index in [2.05, 4.69) is 37.2 Å². The number of aliphatic hydroxyl groups is 1. The molecule has 0 saturated carbocycles. The maximum absolute atomic E-state index is 15.1. The summed E-state index contributed by atoms with van der Waals surface area (Å²) in [7, 11) is 1.33. The van der Waals surface area contributed by atoms with E-state index < -0.39 is 143 Å². The minimum atomic E-state index is -1.97. The van der Waals surface area contributed by atoms with Crippen molar-refractivity contribution in [1.82, 2.24) is 47.0 Å². The molecule has 0 radical (unpaired) electrons. The Morgan fingerprint density at radius 2 is 1.34 bits per heavy atom. The van der Waals surface area contributed by atoms with E-state index in [0.717, 1.165) is 9.80 Å². The molecule has 2 bridgehead atoms. The molecule has 2 aromatic carbocycles. The van der Waals surface area contributed by atoms with Gasteiger partial charge in [0.15, 0.2) is 0 Å². The van der Waals surface area contributed by atoms with Crippen LogP contribution in [0.3, 0.4) is 0 Å². The Morgan fingerprint density at radius 3 is 1.92 bits per heavy atom. The van der Waals surface area contributed by atoms with E-state index in [1.165, 1.54) is 72.0 Å². The fourth-order valence-electron chi connectivity index (χ4n) is 8.84. The van der Waals surface area contributed by atoms with Crippen molar-refractivity contribution in [3.63, 3.8) is 0 Å². The van der Waals surface area contributed by atoms with E-state index in [1.807, 2.05) is 0 Å². The maximum Gasteiger partial charge on any atom is 0.329 e. The minimum absolute atomic E-state index is 0.0724. The molecule has 79 heavy (non-hydrogen) atoms. The lowest BCUT2D eigenvalue weighted by molar-refractivity contribution is -0.165. The van der Waals surface area contributed by atoms with Gasteiger partial charge in [-0.25, -0.2) is 9.59 Å². The van der Waals surface area contributed by atoms with E-state index in [1.54, 1.807) is 58.0 Å². The van der Waals surface area contributed by atoms with Gasteiger partial charge in [-0.2, -0.15) is 0 Å². The zero-order chi connectivity index (χ0) is 58.8. The Balaban J connectivity index is 1.85. The van der Waals surface area contributed by atoms with Crippen molar-refractivity contribution >= 4 is 65.1 Å². The molecule has 2 aliphatic rings. The number of aliphatic hydroxyl groups excluding tert-OH is 1. The molecule has 11 atom stereocenters. The standard InChI is InChI=1S/C55H77N9O15/c1-11-17-41(66)56-30(6)47(69)61-46(32(8)78-54(76)31(7)57-42(67)18-12-2)51(73)62-45-33(9)79-55(77)44(29(4)5)60-49(71)39(27-35-21-23-36(65)24-22-35)63(10)53(75)40(28-34-19-15-14-16-20-34)64-43(68)26-25-38(52(64)74)59-48(70)37(13-3)58-50(45)72/h13-16,19-24,29-33,38-40,43-46,65,68H,11-12,17-18,25-28H2,1-10H3,(H,56,66)(H,57,67)(H,58,72)(H,59,70)(H,60,71)(H,61,69)(H,62,73)/b37-13+/t30-,31-,32+,33+,38?,39-,40-,43-,44-,45-,46-/m0/s1. The van der Waals surface area contributed by atoms with Crippen molar-refractivity contribution in [3.8, 4) is 5.75 Å². The summed E-state index contributed by atoms with van der Waals surface area (Å²) in [5, 5.41) is 39.2. The smallest absolute Gasteiger partial charge is 0.329 e. The summed E-state index contributed by atoms with van der Waals surface area (Å²) >= 11 is 0. The van der Waals surface area contributed by atoms with Crippen molar-refractivity contribution in [2.75, 3.05) is 7.05 Å². The first-order valence-corrected chi connectivity index (χ1v) is 26.6. The van der Waals surface area contributed by atoms with Gasteiger partial charge in [0, 0.05) is 32.7 Å². The van der Waals surface area contributed by atoms with Gasteiger partial charge in [-0.3, -0.25) is 43.2 Å². The molecule has 24 nitrogen and oxygen atoms in total. The summed E-state index contributed by atoms with van der Waals surface area (Å²) in [5.74, 6) is -10.8. The number of ether oxygens (including phenoxy) is 2. The van der Waals surface area contributed by atoms with Crippen LogP contribution in [-0.2, 0) is 75.1 Å². The minimum Gasteiger partial charge on any atom is -0.508 e. The molecule has 9 N–H and O–H groups in total. The van der Waals surface area contributed by atoms with Crippen LogP contribution < -0.4 is 37.2 Å². The number of rotatable bonds is 18. The summed E-state index contributed by atoms with van der Waals surface area (Å²) in [6, 6.07) is 2.31. The average Bonchev–Trinajstić information content (AvgIpc) is 3.43. The maximum atomic E-state index is 15.1. The van der Waals surface area contributed by atoms with Crippen molar-refractivity contribution in [1.29, 1.82) is 0 Å². The number of piperidine rings is 1. The molecule has 2 saturated heterocycles. The lowest BCUT2D eigenvalue weighted by Gasteiger charge is -2.43. The van der Waals surface area contributed by atoms with E-state index in [0.29, 0.717) is 24.0 Å². The van der Waals surface area contributed by atoms with Gasteiger partial charge in [0.2, 0.25) is 41.4 Å². The zero-order valence-corrected chi connectivity index (χ0v) is 46.5. The van der Waals surface area contributed by atoms with Crippen molar-refractivity contribution in [2.45, 2.75) is 180 Å². The normalized spacial score (nSPS) is 23.7. The van der Waals surface area contributed by atoms with Gasteiger partial charge in [0.1, 0.15) is 78.2 Å². The van der Waals surface area contributed by atoms with Crippen molar-refractivity contribution < 1.29 is 72.4 Å². The number of fused-ring (bicyclic) bond motifs is 2. The predicted octanol–water partition coefficient (Wildman–Crippen LogP) is 0.416. The molecule has 2 aliphatic heterocycles. The Kier molecular flexibility index (Phi) is 24.0. The monoisotopic (exact) mass is 1100 g/mol. The Hall–Kier alpha value is -7.89. The Labute approximate surface area is 459 Å². The topological polar surface area (TPSA) is 337 Å². The van der Waals surface area contributed by atoms with Gasteiger partial charge in [-0.05, 0) is 89.5 Å². The van der Waals surface area contributed by atoms with Crippen LogP contribution in [0.15, 0.2) is 66.4 Å². The molecule has 2 fully saturated rings. The Bertz CT molecular complexity index is 2560. The molecule has 9 amide bonds. The molecule has 4 rings (SSSR count).